The minimum atomic E-state index is -0.465. The van der Waals surface area contributed by atoms with E-state index in [-0.39, 0.29) is 5.82 Å². The third-order valence-electron chi connectivity index (χ3n) is 2.70. The van der Waals surface area contributed by atoms with Crippen molar-refractivity contribution in [3.63, 3.8) is 0 Å². The molecule has 2 N–H and O–H groups in total. The Morgan fingerprint density at radius 1 is 1.47 bits per heavy atom. The van der Waals surface area contributed by atoms with Crippen LogP contribution in [0.5, 0.6) is 5.75 Å². The van der Waals surface area contributed by atoms with E-state index in [4.69, 9.17) is 10.5 Å². The first-order valence-corrected chi connectivity index (χ1v) is 5.18. The van der Waals surface area contributed by atoms with Crippen LogP contribution < -0.4 is 10.5 Å². The Bertz CT molecular complexity index is 524. The number of methoxy groups -OCH3 is 1. The van der Waals surface area contributed by atoms with E-state index < -0.39 is 6.04 Å². The zero-order valence-corrected chi connectivity index (χ0v) is 9.72. The number of halogens is 1. The SMILES string of the molecule is COc1ccc(F)cc1C(N)c1cncn1C. The second kappa shape index (κ2) is 4.55. The fourth-order valence-corrected chi connectivity index (χ4v) is 1.77. The molecule has 1 unspecified atom stereocenters. The zero-order chi connectivity index (χ0) is 12.4. The fraction of sp³-hybridized carbons (Fsp3) is 0.250. The average Bonchev–Trinajstić information content (AvgIpc) is 2.74. The minimum Gasteiger partial charge on any atom is -0.496 e. The van der Waals surface area contributed by atoms with E-state index in [1.54, 1.807) is 23.2 Å². The highest BCUT2D eigenvalue weighted by molar-refractivity contribution is 5.39. The Hall–Kier alpha value is -1.88. The quantitative estimate of drug-likeness (QED) is 0.879. The van der Waals surface area contributed by atoms with Crippen molar-refractivity contribution < 1.29 is 9.13 Å². The third-order valence-corrected chi connectivity index (χ3v) is 2.70. The van der Waals surface area contributed by atoms with E-state index in [2.05, 4.69) is 4.98 Å². The molecule has 4 nitrogen and oxygen atoms in total. The van der Waals surface area contributed by atoms with Crippen molar-refractivity contribution in [1.82, 2.24) is 9.55 Å². The Kier molecular flexibility index (Phi) is 3.10. The summed E-state index contributed by atoms with van der Waals surface area (Å²) in [6.45, 7) is 0. The molecule has 90 valence electrons. The number of rotatable bonds is 3. The summed E-state index contributed by atoms with van der Waals surface area (Å²) in [5.41, 5.74) is 7.51. The summed E-state index contributed by atoms with van der Waals surface area (Å²) in [4.78, 5) is 3.99. The molecule has 0 aliphatic heterocycles. The van der Waals surface area contributed by atoms with Crippen LogP contribution in [0.4, 0.5) is 4.39 Å². The number of hydrogen-bond donors (Lipinski definition) is 1. The van der Waals surface area contributed by atoms with Crippen LogP contribution in [0.1, 0.15) is 17.3 Å². The van der Waals surface area contributed by atoms with Crippen molar-refractivity contribution in [2.24, 2.45) is 12.8 Å². The number of ether oxygens (including phenoxy) is 1. The third kappa shape index (κ3) is 2.14. The number of benzene rings is 1. The molecule has 0 bridgehead atoms. The van der Waals surface area contributed by atoms with Gasteiger partial charge >= 0.3 is 0 Å². The van der Waals surface area contributed by atoms with Crippen molar-refractivity contribution >= 4 is 0 Å². The standard InChI is InChI=1S/C12H14FN3O/c1-16-7-15-6-10(16)12(14)9-5-8(13)3-4-11(9)17-2/h3-7,12H,14H2,1-2H3. The molecule has 0 saturated carbocycles. The summed E-state index contributed by atoms with van der Waals surface area (Å²) in [5, 5.41) is 0. The van der Waals surface area contributed by atoms with E-state index in [1.807, 2.05) is 7.05 Å². The molecule has 0 saturated heterocycles. The number of aryl methyl sites for hydroxylation is 1. The van der Waals surface area contributed by atoms with Gasteiger partial charge in [0.2, 0.25) is 0 Å². The molecule has 1 atom stereocenters. The lowest BCUT2D eigenvalue weighted by Crippen LogP contribution is -2.16. The Morgan fingerprint density at radius 3 is 2.82 bits per heavy atom. The predicted octanol–water partition coefficient (Wildman–Crippen LogP) is 1.62. The van der Waals surface area contributed by atoms with Crippen molar-refractivity contribution in [2.45, 2.75) is 6.04 Å². The van der Waals surface area contributed by atoms with Crippen LogP contribution in [0.2, 0.25) is 0 Å². The number of aromatic nitrogens is 2. The summed E-state index contributed by atoms with van der Waals surface area (Å²) >= 11 is 0. The summed E-state index contributed by atoms with van der Waals surface area (Å²) < 4.78 is 20.2. The van der Waals surface area contributed by atoms with Crippen LogP contribution in [0.15, 0.2) is 30.7 Å². The number of nitrogens with zero attached hydrogens (tertiary/aromatic N) is 2. The molecule has 1 heterocycles. The van der Waals surface area contributed by atoms with Gasteiger partial charge in [-0.25, -0.2) is 9.37 Å². The summed E-state index contributed by atoms with van der Waals surface area (Å²) in [5.74, 6) is 0.235. The van der Waals surface area contributed by atoms with Crippen molar-refractivity contribution in [2.75, 3.05) is 7.11 Å². The molecule has 1 aromatic carbocycles. The van der Waals surface area contributed by atoms with Gasteiger partial charge in [0.1, 0.15) is 11.6 Å². The highest BCUT2D eigenvalue weighted by Gasteiger charge is 2.17. The second-order valence-electron chi connectivity index (χ2n) is 3.79. The van der Waals surface area contributed by atoms with Crippen LogP contribution in [-0.4, -0.2) is 16.7 Å². The first-order valence-electron chi connectivity index (χ1n) is 5.18. The lowest BCUT2D eigenvalue weighted by molar-refractivity contribution is 0.406. The van der Waals surface area contributed by atoms with Gasteiger partial charge in [0.05, 0.1) is 31.4 Å². The summed E-state index contributed by atoms with van der Waals surface area (Å²) in [7, 11) is 3.38. The van der Waals surface area contributed by atoms with Gasteiger partial charge in [0, 0.05) is 12.6 Å². The topological polar surface area (TPSA) is 53.1 Å². The van der Waals surface area contributed by atoms with Crippen LogP contribution in [-0.2, 0) is 7.05 Å². The molecule has 0 aliphatic carbocycles. The Balaban J connectivity index is 2.46. The fourth-order valence-electron chi connectivity index (χ4n) is 1.77. The van der Waals surface area contributed by atoms with E-state index in [1.165, 1.54) is 19.2 Å². The smallest absolute Gasteiger partial charge is 0.124 e. The number of imidazole rings is 1. The second-order valence-corrected chi connectivity index (χ2v) is 3.79. The molecule has 0 spiro atoms. The maximum Gasteiger partial charge on any atom is 0.124 e. The summed E-state index contributed by atoms with van der Waals surface area (Å²) in [6, 6.07) is 3.84. The Labute approximate surface area is 98.8 Å². The van der Waals surface area contributed by atoms with Crippen molar-refractivity contribution in [3.05, 3.63) is 47.8 Å². The molecule has 1 aromatic heterocycles. The molecule has 17 heavy (non-hydrogen) atoms. The van der Waals surface area contributed by atoms with Crippen LogP contribution >= 0.6 is 0 Å². The molecule has 0 amide bonds. The van der Waals surface area contributed by atoms with E-state index >= 15 is 0 Å². The first kappa shape index (κ1) is 11.6. The van der Waals surface area contributed by atoms with Gasteiger partial charge in [-0.15, -0.1) is 0 Å². The highest BCUT2D eigenvalue weighted by Crippen LogP contribution is 2.28. The largest absolute Gasteiger partial charge is 0.496 e. The van der Waals surface area contributed by atoms with Crippen molar-refractivity contribution in [3.8, 4) is 5.75 Å². The first-order chi connectivity index (χ1) is 8.13. The minimum absolute atomic E-state index is 0.335. The Morgan fingerprint density at radius 2 is 2.24 bits per heavy atom. The van der Waals surface area contributed by atoms with Gasteiger partial charge in [-0.2, -0.15) is 0 Å². The number of nitrogens with two attached hydrogens (primary N) is 1. The van der Waals surface area contributed by atoms with Crippen LogP contribution in [0.3, 0.4) is 0 Å². The molecular formula is C12H14FN3O. The van der Waals surface area contributed by atoms with E-state index in [0.29, 0.717) is 11.3 Å². The monoisotopic (exact) mass is 235 g/mol. The van der Waals surface area contributed by atoms with Crippen LogP contribution in [0.25, 0.3) is 0 Å². The molecular weight excluding hydrogens is 221 g/mol. The zero-order valence-electron chi connectivity index (χ0n) is 9.72. The van der Waals surface area contributed by atoms with Gasteiger partial charge in [0.15, 0.2) is 0 Å². The summed E-state index contributed by atoms with van der Waals surface area (Å²) in [6.07, 6.45) is 3.32. The van der Waals surface area contributed by atoms with E-state index in [9.17, 15) is 4.39 Å². The normalized spacial score (nSPS) is 12.5. The predicted molar refractivity (Wildman–Crippen MR) is 62.2 cm³/mol. The van der Waals surface area contributed by atoms with Gasteiger partial charge in [0.25, 0.3) is 0 Å². The van der Waals surface area contributed by atoms with Crippen LogP contribution in [0, 0.1) is 5.82 Å². The molecule has 0 aliphatic rings. The van der Waals surface area contributed by atoms with Gasteiger partial charge in [-0.1, -0.05) is 0 Å². The molecule has 2 rings (SSSR count). The van der Waals surface area contributed by atoms with Gasteiger partial charge < -0.3 is 15.0 Å². The van der Waals surface area contributed by atoms with Crippen molar-refractivity contribution in [1.29, 1.82) is 0 Å². The maximum atomic E-state index is 13.3. The lowest BCUT2D eigenvalue weighted by atomic mass is 10.0. The van der Waals surface area contributed by atoms with Gasteiger partial charge in [-0.05, 0) is 18.2 Å². The molecule has 0 radical (unpaired) electrons. The lowest BCUT2D eigenvalue weighted by Gasteiger charge is -2.16. The molecule has 5 heteroatoms. The van der Waals surface area contributed by atoms with E-state index in [0.717, 1.165) is 5.69 Å². The molecule has 0 fully saturated rings. The maximum absolute atomic E-state index is 13.3. The number of hydrogen-bond acceptors (Lipinski definition) is 3. The van der Waals surface area contributed by atoms with Gasteiger partial charge in [-0.3, -0.25) is 0 Å². The highest BCUT2D eigenvalue weighted by atomic mass is 19.1. The average molecular weight is 235 g/mol. The molecule has 2 aromatic rings.